The highest BCUT2D eigenvalue weighted by Crippen LogP contribution is 1.85. The molecule has 0 atom stereocenters. The fraction of sp³-hybridized carbons (Fsp3) is 0. The molecular weight excluding hydrogens is 72.1 g/mol. The molecule has 0 heterocycles. The molecule has 0 unspecified atom stereocenters. The smallest absolute Gasteiger partial charge is 0.0395 e. The molecular formula is C6H5+. The molecule has 0 bridgehead atoms. The summed E-state index contributed by atoms with van der Waals surface area (Å²) in [6.45, 7) is 0. The summed E-state index contributed by atoms with van der Waals surface area (Å²) in [5, 5.41) is 0. The fourth-order valence-electron chi connectivity index (χ4n) is 0.304. The summed E-state index contributed by atoms with van der Waals surface area (Å²) in [7, 11) is 0. The minimum absolute atomic E-state index is 0.541. The first-order valence-corrected chi connectivity index (χ1v) is 1.82. The van der Waals surface area contributed by atoms with Gasteiger partial charge in [-0.2, -0.15) is 0 Å². The van der Waals surface area contributed by atoms with E-state index in [4.69, 9.17) is 1.37 Å². The first-order chi connectivity index (χ1) is 3.39. The van der Waals surface area contributed by atoms with Gasteiger partial charge in [-0.1, -0.05) is 0 Å². The van der Waals surface area contributed by atoms with Gasteiger partial charge in [0.05, 0.1) is 1.37 Å². The van der Waals surface area contributed by atoms with Gasteiger partial charge in [0.2, 0.25) is 0 Å². The predicted molar refractivity (Wildman–Crippen MR) is 26.1 cm³/mol. The van der Waals surface area contributed by atoms with Crippen molar-refractivity contribution in [1.29, 1.82) is 0 Å². The van der Waals surface area contributed by atoms with Gasteiger partial charge in [-0.3, -0.25) is 0 Å². The Bertz CT molecular complexity index is 140. The van der Waals surface area contributed by atoms with Crippen LogP contribution in [0.15, 0.2) is 30.4 Å². The lowest BCUT2D eigenvalue weighted by Crippen LogP contribution is -1.56. The van der Waals surface area contributed by atoms with Gasteiger partial charge < -0.3 is 0 Å². The van der Waals surface area contributed by atoms with Crippen molar-refractivity contribution in [3.05, 3.63) is 36.4 Å². The SMILES string of the molecule is [2H]C1=CC=[C+]C=C1. The third-order valence-electron chi connectivity index (χ3n) is 0.552. The van der Waals surface area contributed by atoms with E-state index >= 15 is 0 Å². The summed E-state index contributed by atoms with van der Waals surface area (Å²) in [4.78, 5) is 0. The third kappa shape index (κ3) is 0.540. The molecule has 0 radical (unpaired) electrons. The second kappa shape index (κ2) is 1.54. The number of allylic oxidation sites excluding steroid dienone is 6. The first kappa shape index (κ1) is 2.33. The van der Waals surface area contributed by atoms with Gasteiger partial charge in [0.1, 0.15) is 12.2 Å². The van der Waals surface area contributed by atoms with Crippen LogP contribution in [0.3, 0.4) is 0 Å². The highest BCUT2D eigenvalue weighted by molar-refractivity contribution is 5.18. The molecule has 1 aliphatic rings. The Kier molecular flexibility index (Phi) is 0.597. The molecule has 1 rings (SSSR count). The molecule has 0 saturated carbocycles. The van der Waals surface area contributed by atoms with Crippen LogP contribution in [0, 0.1) is 6.08 Å². The highest BCUT2D eigenvalue weighted by Gasteiger charge is 1.78. The maximum Gasteiger partial charge on any atom is 0.103 e. The van der Waals surface area contributed by atoms with E-state index in [0.717, 1.165) is 0 Å². The predicted octanol–water partition coefficient (Wildman–Crippen LogP) is 1.47. The summed E-state index contributed by atoms with van der Waals surface area (Å²) in [6, 6.07) is 0.541. The Balaban J connectivity index is 2.82. The van der Waals surface area contributed by atoms with Crippen LogP contribution >= 0.6 is 0 Å². The Labute approximate surface area is 38.9 Å². The van der Waals surface area contributed by atoms with Crippen molar-refractivity contribution in [2.75, 3.05) is 0 Å². The van der Waals surface area contributed by atoms with Crippen molar-refractivity contribution in [2.24, 2.45) is 0 Å². The lowest BCUT2D eigenvalue weighted by atomic mass is 10.3. The number of hydrogen-bond acceptors (Lipinski definition) is 0. The van der Waals surface area contributed by atoms with Gasteiger partial charge in [-0.25, -0.2) is 0 Å². The standard InChI is InChI=1S/C6H5/c1-2-4-6-5-3-1/h1-5H/q+1/i1D. The van der Waals surface area contributed by atoms with Crippen LogP contribution in [0.5, 0.6) is 0 Å². The first-order valence-electron chi connectivity index (χ1n) is 2.32. The quantitative estimate of drug-likeness (QED) is 0.385. The molecule has 0 nitrogen and oxygen atoms in total. The summed E-state index contributed by atoms with van der Waals surface area (Å²) in [6.07, 6.45) is 9.65. The summed E-state index contributed by atoms with van der Waals surface area (Å²) in [5.41, 5.74) is 0. The van der Waals surface area contributed by atoms with Crippen LogP contribution in [0.1, 0.15) is 1.37 Å². The van der Waals surface area contributed by atoms with Crippen LogP contribution in [0.4, 0.5) is 0 Å². The van der Waals surface area contributed by atoms with E-state index in [2.05, 4.69) is 6.08 Å². The second-order valence-corrected chi connectivity index (χ2v) is 1.00. The van der Waals surface area contributed by atoms with Gasteiger partial charge in [0.15, 0.2) is 0 Å². The van der Waals surface area contributed by atoms with Crippen LogP contribution in [-0.4, -0.2) is 0 Å². The average Bonchev–Trinajstić information content (AvgIpc) is 1.69. The maximum absolute atomic E-state index is 6.98. The van der Waals surface area contributed by atoms with Crippen LogP contribution < -0.4 is 0 Å². The Morgan fingerprint density at radius 2 is 2.50 bits per heavy atom. The molecule has 0 saturated heterocycles. The largest absolute Gasteiger partial charge is 0.103 e. The minimum atomic E-state index is 0.541. The second-order valence-electron chi connectivity index (χ2n) is 1.00. The molecule has 0 aromatic carbocycles. The average molecular weight is 78.1 g/mol. The lowest BCUT2D eigenvalue weighted by Gasteiger charge is -1.64. The molecule has 6 heavy (non-hydrogen) atoms. The maximum atomic E-state index is 6.98. The van der Waals surface area contributed by atoms with Crippen molar-refractivity contribution in [3.63, 3.8) is 0 Å². The normalized spacial score (nSPS) is 18.7. The van der Waals surface area contributed by atoms with Crippen molar-refractivity contribution in [3.8, 4) is 0 Å². The monoisotopic (exact) mass is 78.0 g/mol. The van der Waals surface area contributed by atoms with Crippen molar-refractivity contribution in [2.45, 2.75) is 0 Å². The Hall–Kier alpha value is -0.870. The summed E-state index contributed by atoms with van der Waals surface area (Å²) >= 11 is 0. The number of hydrogen-bond donors (Lipinski definition) is 0. The molecule has 0 aromatic rings. The molecule has 1 aliphatic carbocycles. The molecule has 0 spiro atoms. The zero-order valence-electron chi connectivity index (χ0n) is 4.31. The molecule has 0 aromatic heterocycles. The topological polar surface area (TPSA) is 0 Å². The fourth-order valence-corrected chi connectivity index (χ4v) is 0.304. The van der Waals surface area contributed by atoms with Gasteiger partial charge in [0, 0.05) is 24.3 Å². The summed E-state index contributed by atoms with van der Waals surface area (Å²) < 4.78 is 6.98. The van der Waals surface area contributed by atoms with Gasteiger partial charge in [0.25, 0.3) is 0 Å². The Morgan fingerprint density at radius 3 is 2.83 bits per heavy atom. The third-order valence-corrected chi connectivity index (χ3v) is 0.552. The lowest BCUT2D eigenvalue weighted by molar-refractivity contribution is 1.75. The van der Waals surface area contributed by atoms with Gasteiger partial charge in [-0.15, -0.1) is 0 Å². The molecule has 0 N–H and O–H groups in total. The van der Waals surface area contributed by atoms with E-state index in [0.29, 0.717) is 6.05 Å². The molecule has 0 fully saturated rings. The molecule has 28 valence electrons. The van der Waals surface area contributed by atoms with Crippen LogP contribution in [0.2, 0.25) is 0 Å². The van der Waals surface area contributed by atoms with E-state index in [1.807, 2.05) is 0 Å². The van der Waals surface area contributed by atoms with E-state index < -0.39 is 0 Å². The van der Waals surface area contributed by atoms with E-state index in [9.17, 15) is 0 Å². The molecule has 0 amide bonds. The summed E-state index contributed by atoms with van der Waals surface area (Å²) in [5.74, 6) is 0. The zero-order valence-corrected chi connectivity index (χ0v) is 3.31. The molecule has 0 aliphatic heterocycles. The number of rotatable bonds is 0. The minimum Gasteiger partial charge on any atom is 0.0395 e. The van der Waals surface area contributed by atoms with Gasteiger partial charge >= 0.3 is 0 Å². The van der Waals surface area contributed by atoms with E-state index in [1.54, 1.807) is 24.3 Å². The van der Waals surface area contributed by atoms with E-state index in [-0.39, 0.29) is 0 Å². The van der Waals surface area contributed by atoms with Gasteiger partial charge in [-0.05, 0) is 0 Å². The Morgan fingerprint density at radius 1 is 1.50 bits per heavy atom. The molecule has 0 heteroatoms. The van der Waals surface area contributed by atoms with Crippen molar-refractivity contribution >= 4 is 0 Å². The zero-order chi connectivity index (χ0) is 5.11. The van der Waals surface area contributed by atoms with Crippen molar-refractivity contribution in [1.82, 2.24) is 0 Å². The van der Waals surface area contributed by atoms with Crippen LogP contribution in [-0.2, 0) is 0 Å². The highest BCUT2D eigenvalue weighted by atomic mass is 13.7. The van der Waals surface area contributed by atoms with Crippen molar-refractivity contribution < 1.29 is 1.37 Å². The van der Waals surface area contributed by atoms with E-state index in [1.165, 1.54) is 0 Å². The van der Waals surface area contributed by atoms with Crippen LogP contribution in [0.25, 0.3) is 0 Å².